The van der Waals surface area contributed by atoms with Crippen LogP contribution in [-0.2, 0) is 16.4 Å². The number of aromatic nitrogens is 2. The first-order chi connectivity index (χ1) is 15.5. The Hall–Kier alpha value is -2.71. The van der Waals surface area contributed by atoms with Gasteiger partial charge in [0.05, 0.1) is 5.75 Å². The Morgan fingerprint density at radius 2 is 1.97 bits per heavy atom. The van der Waals surface area contributed by atoms with Crippen LogP contribution in [0.15, 0.2) is 54.9 Å². The minimum atomic E-state index is -3.45. The van der Waals surface area contributed by atoms with Crippen molar-refractivity contribution in [2.24, 2.45) is 0 Å². The summed E-state index contributed by atoms with van der Waals surface area (Å²) in [5.74, 6) is 0.653. The fourth-order valence-corrected chi connectivity index (χ4v) is 6.10. The first-order valence-electron chi connectivity index (χ1n) is 11.2. The number of nitrogens with zero attached hydrogens (tertiary/aromatic N) is 3. The SMILES string of the molecule is CCCC[C@H]1CN(C(=O)c2cccc3ccccc23)CCN1S(=O)(=O)CCc1ncc[nH]1. The summed E-state index contributed by atoms with van der Waals surface area (Å²) in [5.41, 5.74) is 0.673. The van der Waals surface area contributed by atoms with E-state index in [1.807, 2.05) is 47.4 Å². The number of hydrogen-bond acceptors (Lipinski definition) is 4. The molecule has 0 unspecified atom stereocenters. The van der Waals surface area contributed by atoms with Gasteiger partial charge in [-0.3, -0.25) is 4.79 Å². The molecule has 1 aliphatic rings. The van der Waals surface area contributed by atoms with Crippen LogP contribution >= 0.6 is 0 Å². The lowest BCUT2D eigenvalue weighted by atomic mass is 10.0. The molecule has 170 valence electrons. The number of hydrogen-bond donors (Lipinski definition) is 1. The molecule has 2 heterocycles. The molecule has 1 saturated heterocycles. The quantitative estimate of drug-likeness (QED) is 0.565. The first kappa shape index (κ1) is 22.5. The molecule has 7 nitrogen and oxygen atoms in total. The molecule has 32 heavy (non-hydrogen) atoms. The first-order valence-corrected chi connectivity index (χ1v) is 12.9. The molecule has 1 amide bonds. The van der Waals surface area contributed by atoms with Crippen molar-refractivity contribution in [3.63, 3.8) is 0 Å². The van der Waals surface area contributed by atoms with Crippen LogP contribution in [-0.4, -0.2) is 64.9 Å². The molecule has 1 N–H and O–H groups in total. The molecular formula is C24H30N4O3S. The van der Waals surface area contributed by atoms with E-state index >= 15 is 0 Å². The summed E-state index contributed by atoms with van der Waals surface area (Å²) < 4.78 is 27.9. The smallest absolute Gasteiger partial charge is 0.254 e. The topological polar surface area (TPSA) is 86.4 Å². The fourth-order valence-electron chi connectivity index (χ4n) is 4.42. The highest BCUT2D eigenvalue weighted by Crippen LogP contribution is 2.24. The Morgan fingerprint density at radius 1 is 1.16 bits per heavy atom. The number of rotatable bonds is 8. The number of nitrogens with one attached hydrogen (secondary N) is 1. The molecule has 0 aliphatic carbocycles. The van der Waals surface area contributed by atoms with Gasteiger partial charge >= 0.3 is 0 Å². The highest BCUT2D eigenvalue weighted by molar-refractivity contribution is 7.89. The molecular weight excluding hydrogens is 424 g/mol. The predicted molar refractivity (Wildman–Crippen MR) is 126 cm³/mol. The summed E-state index contributed by atoms with van der Waals surface area (Å²) in [4.78, 5) is 22.3. The van der Waals surface area contributed by atoms with E-state index in [4.69, 9.17) is 0 Å². The molecule has 0 saturated carbocycles. The molecule has 4 rings (SSSR count). The Morgan fingerprint density at radius 3 is 2.75 bits per heavy atom. The lowest BCUT2D eigenvalue weighted by molar-refractivity contribution is 0.0620. The average molecular weight is 455 g/mol. The van der Waals surface area contributed by atoms with Crippen molar-refractivity contribution in [1.29, 1.82) is 0 Å². The van der Waals surface area contributed by atoms with E-state index < -0.39 is 10.0 Å². The van der Waals surface area contributed by atoms with Crippen LogP contribution < -0.4 is 0 Å². The summed E-state index contributed by atoms with van der Waals surface area (Å²) in [6, 6.07) is 13.4. The maximum Gasteiger partial charge on any atom is 0.254 e. The number of H-pyrrole nitrogens is 1. The van der Waals surface area contributed by atoms with Crippen molar-refractivity contribution in [3.05, 3.63) is 66.2 Å². The van der Waals surface area contributed by atoms with Gasteiger partial charge < -0.3 is 9.88 Å². The maximum atomic E-state index is 13.4. The van der Waals surface area contributed by atoms with Crippen LogP contribution in [0.1, 0.15) is 42.4 Å². The van der Waals surface area contributed by atoms with Crippen LogP contribution in [0.3, 0.4) is 0 Å². The second-order valence-electron chi connectivity index (χ2n) is 8.29. The van der Waals surface area contributed by atoms with Crippen LogP contribution in [0.4, 0.5) is 0 Å². The van der Waals surface area contributed by atoms with Crippen LogP contribution in [0.5, 0.6) is 0 Å². The van der Waals surface area contributed by atoms with Gasteiger partial charge in [-0.05, 0) is 23.3 Å². The summed E-state index contributed by atoms with van der Waals surface area (Å²) in [5, 5.41) is 1.96. The molecule has 1 aromatic heterocycles. The van der Waals surface area contributed by atoms with Crippen molar-refractivity contribution in [2.45, 2.75) is 38.6 Å². The molecule has 0 radical (unpaired) electrons. The summed E-state index contributed by atoms with van der Waals surface area (Å²) in [6.45, 7) is 3.23. The molecule has 1 fully saturated rings. The summed E-state index contributed by atoms with van der Waals surface area (Å²) in [6.07, 6.45) is 6.33. The number of amides is 1. The zero-order valence-electron chi connectivity index (χ0n) is 18.4. The monoisotopic (exact) mass is 454 g/mol. The largest absolute Gasteiger partial charge is 0.349 e. The molecule has 8 heteroatoms. The zero-order chi connectivity index (χ0) is 22.6. The second kappa shape index (κ2) is 9.83. The summed E-state index contributed by atoms with van der Waals surface area (Å²) >= 11 is 0. The third-order valence-corrected chi connectivity index (χ3v) is 8.05. The van der Waals surface area contributed by atoms with Crippen LogP contribution in [0, 0.1) is 0 Å². The van der Waals surface area contributed by atoms with E-state index in [0.717, 1.165) is 30.0 Å². The van der Waals surface area contributed by atoms with Gasteiger partial charge in [0, 0.05) is 50.1 Å². The Kier molecular flexibility index (Phi) is 6.91. The normalized spacial score (nSPS) is 17.7. The van der Waals surface area contributed by atoms with E-state index in [9.17, 15) is 13.2 Å². The number of aromatic amines is 1. The van der Waals surface area contributed by atoms with Gasteiger partial charge in [0.1, 0.15) is 5.82 Å². The number of sulfonamides is 1. The number of benzene rings is 2. The summed E-state index contributed by atoms with van der Waals surface area (Å²) in [7, 11) is -3.45. The van der Waals surface area contributed by atoms with Crippen molar-refractivity contribution >= 4 is 26.7 Å². The molecule has 1 aliphatic heterocycles. The maximum absolute atomic E-state index is 13.4. The molecule has 3 aromatic rings. The lowest BCUT2D eigenvalue weighted by Crippen LogP contribution is -2.57. The van der Waals surface area contributed by atoms with E-state index in [1.165, 1.54) is 0 Å². The number of aryl methyl sites for hydroxylation is 1. The Balaban J connectivity index is 1.52. The number of imidazole rings is 1. The Labute approximate surface area is 189 Å². The second-order valence-corrected chi connectivity index (χ2v) is 10.3. The fraction of sp³-hybridized carbons (Fsp3) is 0.417. The third kappa shape index (κ3) is 4.86. The Bertz CT molecular complexity index is 1160. The number of carbonyl (C=O) groups excluding carboxylic acids is 1. The molecule has 1 atom stereocenters. The van der Waals surface area contributed by atoms with Gasteiger partial charge in [-0.1, -0.05) is 56.2 Å². The number of piperazine rings is 1. The van der Waals surface area contributed by atoms with Crippen molar-refractivity contribution < 1.29 is 13.2 Å². The number of carbonyl (C=O) groups is 1. The van der Waals surface area contributed by atoms with Gasteiger partial charge in [-0.15, -0.1) is 0 Å². The predicted octanol–water partition coefficient (Wildman–Crippen LogP) is 3.45. The standard InChI is InChI=1S/C24H30N4O3S/c1-2-3-9-20-18-27(24(29)22-11-6-8-19-7-4-5-10-21(19)22)15-16-28(20)32(30,31)17-12-23-25-13-14-26-23/h4-8,10-11,13-14,20H,2-3,9,12,15-18H2,1H3,(H,25,26)/t20-/m0/s1. The zero-order valence-corrected chi connectivity index (χ0v) is 19.2. The molecule has 0 spiro atoms. The highest BCUT2D eigenvalue weighted by Gasteiger charge is 2.36. The minimum Gasteiger partial charge on any atom is -0.349 e. The average Bonchev–Trinajstić information content (AvgIpc) is 3.34. The van der Waals surface area contributed by atoms with Gasteiger partial charge in [0.15, 0.2) is 0 Å². The third-order valence-electron chi connectivity index (χ3n) is 6.14. The number of fused-ring (bicyclic) bond motifs is 1. The van der Waals surface area contributed by atoms with Crippen molar-refractivity contribution in [2.75, 3.05) is 25.4 Å². The van der Waals surface area contributed by atoms with E-state index in [0.29, 0.717) is 37.4 Å². The van der Waals surface area contributed by atoms with Crippen LogP contribution in [0.2, 0.25) is 0 Å². The van der Waals surface area contributed by atoms with Gasteiger partial charge in [0.25, 0.3) is 5.91 Å². The minimum absolute atomic E-state index is 0.0143. The highest BCUT2D eigenvalue weighted by atomic mass is 32.2. The van der Waals surface area contributed by atoms with Gasteiger partial charge in [-0.25, -0.2) is 13.4 Å². The van der Waals surface area contributed by atoms with E-state index in [1.54, 1.807) is 16.7 Å². The van der Waals surface area contributed by atoms with Crippen molar-refractivity contribution in [1.82, 2.24) is 19.2 Å². The van der Waals surface area contributed by atoms with Gasteiger partial charge in [-0.2, -0.15) is 4.31 Å². The van der Waals surface area contributed by atoms with Gasteiger partial charge in [0.2, 0.25) is 10.0 Å². The molecule has 0 bridgehead atoms. The van der Waals surface area contributed by atoms with E-state index in [-0.39, 0.29) is 17.7 Å². The van der Waals surface area contributed by atoms with E-state index in [2.05, 4.69) is 16.9 Å². The molecule has 2 aromatic carbocycles. The number of unbranched alkanes of at least 4 members (excludes halogenated alkanes) is 1. The van der Waals surface area contributed by atoms with Crippen molar-refractivity contribution in [3.8, 4) is 0 Å². The lowest BCUT2D eigenvalue weighted by Gasteiger charge is -2.40. The van der Waals surface area contributed by atoms with Crippen LogP contribution in [0.25, 0.3) is 10.8 Å².